The fourth-order valence-electron chi connectivity index (χ4n) is 3.26. The quantitative estimate of drug-likeness (QED) is 0.376. The first-order valence-electron chi connectivity index (χ1n) is 9.33. The first-order valence-corrected chi connectivity index (χ1v) is 9.70. The molecule has 0 atom stereocenters. The summed E-state index contributed by atoms with van der Waals surface area (Å²) in [5.74, 6) is -1.99. The molecule has 156 valence electrons. The molecule has 0 saturated heterocycles. The lowest BCUT2D eigenvalue weighted by atomic mass is 10.1. The lowest BCUT2D eigenvalue weighted by molar-refractivity contribution is 0.0474. The molecule has 3 aromatic rings. The van der Waals surface area contributed by atoms with E-state index in [0.29, 0.717) is 18.5 Å². The molecule has 0 radical (unpaired) electrons. The second-order valence-electron chi connectivity index (χ2n) is 6.94. The van der Waals surface area contributed by atoms with E-state index in [1.54, 1.807) is 18.2 Å². The fraction of sp³-hybridized carbons (Fsp3) is 0.217. The van der Waals surface area contributed by atoms with Gasteiger partial charge in [-0.2, -0.15) is 0 Å². The van der Waals surface area contributed by atoms with Crippen molar-refractivity contribution >= 4 is 23.4 Å². The molecule has 1 aromatic heterocycles. The van der Waals surface area contributed by atoms with Crippen LogP contribution in [0.25, 0.3) is 0 Å². The molecular weight excluding hydrogens is 412 g/mol. The van der Waals surface area contributed by atoms with Gasteiger partial charge >= 0.3 is 5.97 Å². The van der Waals surface area contributed by atoms with Crippen LogP contribution in [0.15, 0.2) is 48.5 Å². The molecule has 0 aliphatic carbocycles. The Kier molecular flexibility index (Phi) is 6.67. The Morgan fingerprint density at radius 2 is 1.63 bits per heavy atom. The van der Waals surface area contributed by atoms with Crippen molar-refractivity contribution in [3.05, 3.63) is 93.3 Å². The van der Waals surface area contributed by atoms with Crippen LogP contribution in [0.5, 0.6) is 0 Å². The van der Waals surface area contributed by atoms with Gasteiger partial charge in [0, 0.05) is 23.5 Å². The number of halogens is 3. The van der Waals surface area contributed by atoms with Crippen LogP contribution in [0.4, 0.5) is 8.78 Å². The van der Waals surface area contributed by atoms with Gasteiger partial charge in [0.05, 0.1) is 10.6 Å². The Labute approximate surface area is 178 Å². The minimum absolute atomic E-state index is 0.00404. The summed E-state index contributed by atoms with van der Waals surface area (Å²) in [6, 6.07) is 11.4. The summed E-state index contributed by atoms with van der Waals surface area (Å²) in [5, 5.41) is -0.0774. The van der Waals surface area contributed by atoms with Gasteiger partial charge in [0.25, 0.3) is 0 Å². The zero-order valence-electron chi connectivity index (χ0n) is 16.5. The number of hydrogen-bond acceptors (Lipinski definition) is 3. The lowest BCUT2D eigenvalue weighted by Crippen LogP contribution is -2.15. The van der Waals surface area contributed by atoms with Crippen molar-refractivity contribution < 1.29 is 23.1 Å². The number of hydrogen-bond donors (Lipinski definition) is 0. The van der Waals surface area contributed by atoms with Gasteiger partial charge in [0.15, 0.2) is 6.61 Å². The molecule has 0 saturated carbocycles. The van der Waals surface area contributed by atoms with Gasteiger partial charge in [-0.05, 0) is 62.2 Å². The number of Topliss-reactive ketones (excluding diaryl/α,β-unsaturated/α-hetero) is 1. The Hall–Kier alpha value is -2.99. The third-order valence-electron chi connectivity index (χ3n) is 4.90. The van der Waals surface area contributed by atoms with Gasteiger partial charge < -0.3 is 9.30 Å². The maximum Gasteiger partial charge on any atom is 0.340 e. The maximum atomic E-state index is 13.1. The molecule has 2 aromatic carbocycles. The van der Waals surface area contributed by atoms with Crippen LogP contribution in [0, 0.1) is 25.5 Å². The van der Waals surface area contributed by atoms with Crippen molar-refractivity contribution in [2.24, 2.45) is 0 Å². The van der Waals surface area contributed by atoms with Crippen molar-refractivity contribution in [2.75, 3.05) is 6.61 Å². The molecule has 0 amide bonds. The van der Waals surface area contributed by atoms with Crippen LogP contribution < -0.4 is 0 Å². The highest BCUT2D eigenvalue weighted by Crippen LogP contribution is 2.20. The molecule has 7 heteroatoms. The highest BCUT2D eigenvalue weighted by Gasteiger charge is 2.19. The van der Waals surface area contributed by atoms with E-state index < -0.39 is 18.4 Å². The minimum atomic E-state index is -0.793. The standard InChI is InChI=1S/C23H20ClF2NO3/c1-14-11-20(15(2)27(14)10-9-16-3-5-17(25)6-4-16)22(28)13-30-23(29)19-8-7-18(26)12-21(19)24/h3-8,11-12H,9-10,13H2,1-2H3. The number of rotatable bonds is 7. The number of benzene rings is 2. The molecule has 0 N–H and O–H groups in total. The van der Waals surface area contributed by atoms with Crippen LogP contribution in [0.1, 0.15) is 37.7 Å². The number of ketones is 1. The topological polar surface area (TPSA) is 48.3 Å². The molecule has 0 fully saturated rings. The lowest BCUT2D eigenvalue weighted by Gasteiger charge is -2.10. The smallest absolute Gasteiger partial charge is 0.340 e. The normalized spacial score (nSPS) is 10.8. The second-order valence-corrected chi connectivity index (χ2v) is 7.34. The van der Waals surface area contributed by atoms with Crippen LogP contribution in [-0.4, -0.2) is 22.9 Å². The van der Waals surface area contributed by atoms with Gasteiger partial charge in [-0.15, -0.1) is 0 Å². The number of carbonyl (C=O) groups excluding carboxylic acids is 2. The van der Waals surface area contributed by atoms with E-state index in [4.69, 9.17) is 16.3 Å². The van der Waals surface area contributed by atoms with Crippen molar-refractivity contribution in [1.29, 1.82) is 0 Å². The summed E-state index contributed by atoms with van der Waals surface area (Å²) < 4.78 is 33.2. The van der Waals surface area contributed by atoms with E-state index in [-0.39, 0.29) is 22.2 Å². The van der Waals surface area contributed by atoms with Gasteiger partial charge in [-0.25, -0.2) is 13.6 Å². The summed E-state index contributed by atoms with van der Waals surface area (Å²) in [6.45, 7) is 3.89. The zero-order chi connectivity index (χ0) is 21.8. The zero-order valence-corrected chi connectivity index (χ0v) is 17.3. The average Bonchev–Trinajstić information content (AvgIpc) is 2.99. The molecule has 0 spiro atoms. The highest BCUT2D eigenvalue weighted by atomic mass is 35.5. The molecule has 0 unspecified atom stereocenters. The third-order valence-corrected chi connectivity index (χ3v) is 5.21. The molecule has 0 aliphatic rings. The van der Waals surface area contributed by atoms with Gasteiger partial charge in [0.2, 0.25) is 5.78 Å². The van der Waals surface area contributed by atoms with Gasteiger partial charge in [0.1, 0.15) is 11.6 Å². The van der Waals surface area contributed by atoms with Crippen molar-refractivity contribution in [1.82, 2.24) is 4.57 Å². The van der Waals surface area contributed by atoms with Crippen molar-refractivity contribution in [3.63, 3.8) is 0 Å². The molecule has 0 bridgehead atoms. The molecule has 3 rings (SSSR count). The summed E-state index contributed by atoms with van der Waals surface area (Å²) >= 11 is 5.85. The van der Waals surface area contributed by atoms with Crippen LogP contribution in [0.3, 0.4) is 0 Å². The van der Waals surface area contributed by atoms with Crippen molar-refractivity contribution in [2.45, 2.75) is 26.8 Å². The highest BCUT2D eigenvalue weighted by molar-refractivity contribution is 6.33. The summed E-state index contributed by atoms with van der Waals surface area (Å²) in [6.07, 6.45) is 0.683. The average molecular weight is 432 g/mol. The van der Waals surface area contributed by atoms with Crippen LogP contribution in [0.2, 0.25) is 5.02 Å². The number of carbonyl (C=O) groups is 2. The molecule has 4 nitrogen and oxygen atoms in total. The maximum absolute atomic E-state index is 13.1. The predicted octanol–water partition coefficient (Wildman–Crippen LogP) is 5.32. The van der Waals surface area contributed by atoms with E-state index in [0.717, 1.165) is 29.1 Å². The fourth-order valence-corrected chi connectivity index (χ4v) is 3.51. The Morgan fingerprint density at radius 3 is 2.30 bits per heavy atom. The number of esters is 1. The van der Waals surface area contributed by atoms with Gasteiger partial charge in [-0.3, -0.25) is 4.79 Å². The summed E-state index contributed by atoms with van der Waals surface area (Å²) in [7, 11) is 0. The Bertz CT molecular complexity index is 1090. The summed E-state index contributed by atoms with van der Waals surface area (Å²) in [5.41, 5.74) is 3.10. The number of nitrogens with zero attached hydrogens (tertiary/aromatic N) is 1. The van der Waals surface area contributed by atoms with E-state index >= 15 is 0 Å². The van der Waals surface area contributed by atoms with E-state index in [1.165, 1.54) is 18.2 Å². The van der Waals surface area contributed by atoms with Crippen LogP contribution in [-0.2, 0) is 17.7 Å². The van der Waals surface area contributed by atoms with E-state index in [1.807, 2.05) is 18.4 Å². The van der Waals surface area contributed by atoms with Crippen molar-refractivity contribution in [3.8, 4) is 0 Å². The van der Waals surface area contributed by atoms with Crippen LogP contribution >= 0.6 is 11.6 Å². The predicted molar refractivity (Wildman–Crippen MR) is 110 cm³/mol. The van der Waals surface area contributed by atoms with E-state index in [2.05, 4.69) is 0 Å². The minimum Gasteiger partial charge on any atom is -0.454 e. The molecule has 30 heavy (non-hydrogen) atoms. The Morgan fingerprint density at radius 1 is 0.967 bits per heavy atom. The molecule has 0 aliphatic heterocycles. The molecule has 1 heterocycles. The second kappa shape index (κ2) is 9.22. The largest absolute Gasteiger partial charge is 0.454 e. The SMILES string of the molecule is Cc1cc(C(=O)COC(=O)c2ccc(F)cc2Cl)c(C)n1CCc1ccc(F)cc1. The van der Waals surface area contributed by atoms with E-state index in [9.17, 15) is 18.4 Å². The third kappa shape index (κ3) is 4.94. The van der Waals surface area contributed by atoms with Gasteiger partial charge in [-0.1, -0.05) is 23.7 Å². The molecular formula is C23H20ClF2NO3. The summed E-state index contributed by atoms with van der Waals surface area (Å²) in [4.78, 5) is 24.7. The first-order chi connectivity index (χ1) is 14.3. The number of aromatic nitrogens is 1. The monoisotopic (exact) mass is 431 g/mol. The number of aryl methyl sites for hydroxylation is 2. The Balaban J connectivity index is 1.65. The number of ether oxygens (including phenoxy) is 1. The first kappa shape index (κ1) is 21.7.